The zero-order valence-electron chi connectivity index (χ0n) is 7.91. The van der Waals surface area contributed by atoms with Gasteiger partial charge in [-0.3, -0.25) is 0 Å². The summed E-state index contributed by atoms with van der Waals surface area (Å²) in [5.74, 6) is 1.70. The number of hydrogen-bond donors (Lipinski definition) is 0. The molecule has 1 saturated heterocycles. The van der Waals surface area contributed by atoms with Gasteiger partial charge in [0.05, 0.1) is 6.61 Å². The van der Waals surface area contributed by atoms with Gasteiger partial charge in [-0.05, 0) is 5.56 Å². The van der Waals surface area contributed by atoms with Crippen LogP contribution in [0.5, 0.6) is 0 Å². The van der Waals surface area contributed by atoms with Crippen molar-refractivity contribution in [2.45, 2.75) is 11.4 Å². The largest absolute Gasteiger partial charge is 0.359 e. The molecule has 1 aliphatic heterocycles. The average molecular weight is 229 g/mol. The summed E-state index contributed by atoms with van der Waals surface area (Å²) in [4.78, 5) is -0.178. The van der Waals surface area contributed by atoms with Crippen molar-refractivity contribution in [1.29, 1.82) is 0 Å². The van der Waals surface area contributed by atoms with E-state index in [2.05, 4.69) is 12.1 Å². The van der Waals surface area contributed by atoms with Crippen molar-refractivity contribution in [3.8, 4) is 0 Å². The molecule has 14 heavy (non-hydrogen) atoms. The Morgan fingerprint density at radius 3 is 2.71 bits per heavy atom. The van der Waals surface area contributed by atoms with Gasteiger partial charge in [0.25, 0.3) is 0 Å². The summed E-state index contributed by atoms with van der Waals surface area (Å²) in [6.45, 7) is 0.830. The second-order valence-electron chi connectivity index (χ2n) is 3.25. The lowest BCUT2D eigenvalue weighted by Gasteiger charge is -2.27. The minimum atomic E-state index is -0.178. The number of ether oxygens (including phenoxy) is 1. The highest BCUT2D eigenvalue weighted by atomic mass is 35.5. The Morgan fingerprint density at radius 2 is 2.14 bits per heavy atom. The van der Waals surface area contributed by atoms with E-state index in [4.69, 9.17) is 16.3 Å². The highest BCUT2D eigenvalue weighted by Gasteiger charge is 2.36. The second-order valence-corrected chi connectivity index (χ2v) is 4.99. The molecule has 0 aliphatic carbocycles. The first-order chi connectivity index (χ1) is 6.87. The van der Waals surface area contributed by atoms with E-state index in [9.17, 15) is 0 Å². The summed E-state index contributed by atoms with van der Waals surface area (Å²) in [6, 6.07) is 10.4. The van der Waals surface area contributed by atoms with E-state index in [1.54, 1.807) is 0 Å². The highest BCUT2D eigenvalue weighted by molar-refractivity contribution is 8.00. The van der Waals surface area contributed by atoms with Gasteiger partial charge in [-0.25, -0.2) is 0 Å². The van der Waals surface area contributed by atoms with Crippen LogP contribution in [0, 0.1) is 0 Å². The number of rotatable bonds is 3. The first-order valence-corrected chi connectivity index (χ1v) is 6.29. The fourth-order valence-corrected chi connectivity index (χ4v) is 3.32. The van der Waals surface area contributed by atoms with Gasteiger partial charge >= 0.3 is 0 Å². The van der Waals surface area contributed by atoms with E-state index in [-0.39, 0.29) is 4.93 Å². The van der Waals surface area contributed by atoms with Crippen LogP contribution >= 0.6 is 23.4 Å². The van der Waals surface area contributed by atoms with Gasteiger partial charge in [0.1, 0.15) is 4.93 Å². The van der Waals surface area contributed by atoms with Gasteiger partial charge in [0, 0.05) is 18.1 Å². The summed E-state index contributed by atoms with van der Waals surface area (Å²) >= 11 is 7.69. The zero-order chi connectivity index (χ0) is 9.86. The van der Waals surface area contributed by atoms with Crippen LogP contribution in [0.1, 0.15) is 12.0 Å². The first-order valence-electron chi connectivity index (χ1n) is 4.77. The number of hydrogen-bond acceptors (Lipinski definition) is 2. The molecular formula is C11H13ClOS. The second kappa shape index (κ2) is 4.56. The van der Waals surface area contributed by atoms with Gasteiger partial charge in [-0.1, -0.05) is 30.3 Å². The normalized spacial score (nSPS) is 26.6. The minimum absolute atomic E-state index is 0.178. The smallest absolute Gasteiger partial charge is 0.140 e. The Kier molecular flexibility index (Phi) is 3.37. The number of halogens is 1. The number of alkyl halides is 1. The summed E-state index contributed by atoms with van der Waals surface area (Å²) in [6.07, 6.45) is 0.878. The molecule has 1 aromatic rings. The molecule has 1 heterocycles. The SMILES string of the molecule is ClCCC1(c2ccccc2)OCCS1. The lowest BCUT2D eigenvalue weighted by atomic mass is 10.1. The predicted molar refractivity (Wildman–Crippen MR) is 61.9 cm³/mol. The zero-order valence-corrected chi connectivity index (χ0v) is 9.48. The third-order valence-corrected chi connectivity index (χ3v) is 3.97. The van der Waals surface area contributed by atoms with Crippen molar-refractivity contribution in [3.05, 3.63) is 35.9 Å². The van der Waals surface area contributed by atoms with Crippen LogP contribution < -0.4 is 0 Å². The average Bonchev–Trinajstić information content (AvgIpc) is 2.70. The molecule has 1 nitrogen and oxygen atoms in total. The number of benzene rings is 1. The molecule has 1 unspecified atom stereocenters. The lowest BCUT2D eigenvalue weighted by molar-refractivity contribution is 0.0471. The maximum absolute atomic E-state index is 5.85. The van der Waals surface area contributed by atoms with Crippen LogP contribution in [-0.4, -0.2) is 18.2 Å². The van der Waals surface area contributed by atoms with E-state index >= 15 is 0 Å². The predicted octanol–water partition coefficient (Wildman–Crippen LogP) is 3.23. The van der Waals surface area contributed by atoms with Crippen molar-refractivity contribution >= 4 is 23.4 Å². The van der Waals surface area contributed by atoms with Crippen molar-refractivity contribution < 1.29 is 4.74 Å². The maximum Gasteiger partial charge on any atom is 0.140 e. The van der Waals surface area contributed by atoms with Crippen molar-refractivity contribution in [3.63, 3.8) is 0 Å². The van der Waals surface area contributed by atoms with E-state index in [1.165, 1.54) is 5.56 Å². The standard InChI is InChI=1S/C11H13ClOS/c12-7-6-11(13-8-9-14-11)10-4-2-1-3-5-10/h1-5H,6-9H2. The molecule has 0 spiro atoms. The van der Waals surface area contributed by atoms with Gasteiger partial charge in [-0.15, -0.1) is 23.4 Å². The molecule has 2 rings (SSSR count). The Labute approximate surface area is 93.8 Å². The van der Waals surface area contributed by atoms with Crippen molar-refractivity contribution in [1.82, 2.24) is 0 Å². The Bertz CT molecular complexity index is 283. The quantitative estimate of drug-likeness (QED) is 0.735. The molecule has 0 radical (unpaired) electrons. The van der Waals surface area contributed by atoms with Crippen LogP contribution in [0.3, 0.4) is 0 Å². The molecule has 0 bridgehead atoms. The van der Waals surface area contributed by atoms with E-state index < -0.39 is 0 Å². The third-order valence-electron chi connectivity index (χ3n) is 2.39. The van der Waals surface area contributed by atoms with E-state index in [0.29, 0.717) is 5.88 Å². The molecule has 1 aliphatic rings. The molecule has 76 valence electrons. The lowest BCUT2D eigenvalue weighted by Crippen LogP contribution is -2.21. The van der Waals surface area contributed by atoms with E-state index in [1.807, 2.05) is 30.0 Å². The summed E-state index contributed by atoms with van der Waals surface area (Å²) in [5.41, 5.74) is 1.24. The fourth-order valence-electron chi connectivity index (χ4n) is 1.73. The Morgan fingerprint density at radius 1 is 1.36 bits per heavy atom. The molecule has 0 saturated carbocycles. The molecule has 1 atom stereocenters. The summed E-state index contributed by atoms with van der Waals surface area (Å²) in [7, 11) is 0. The Hall–Kier alpha value is -0.180. The van der Waals surface area contributed by atoms with Crippen LogP contribution in [0.2, 0.25) is 0 Å². The van der Waals surface area contributed by atoms with Crippen molar-refractivity contribution in [2.75, 3.05) is 18.2 Å². The fraction of sp³-hybridized carbons (Fsp3) is 0.455. The minimum Gasteiger partial charge on any atom is -0.359 e. The molecule has 1 fully saturated rings. The summed E-state index contributed by atoms with van der Waals surface area (Å²) in [5, 5.41) is 0. The third kappa shape index (κ3) is 1.92. The van der Waals surface area contributed by atoms with Gasteiger partial charge < -0.3 is 4.74 Å². The summed E-state index contributed by atoms with van der Waals surface area (Å²) < 4.78 is 5.85. The van der Waals surface area contributed by atoms with Gasteiger partial charge in [-0.2, -0.15) is 0 Å². The van der Waals surface area contributed by atoms with Crippen LogP contribution in [-0.2, 0) is 9.67 Å². The van der Waals surface area contributed by atoms with E-state index in [0.717, 1.165) is 18.8 Å². The highest BCUT2D eigenvalue weighted by Crippen LogP contribution is 2.45. The van der Waals surface area contributed by atoms with Crippen LogP contribution in [0.4, 0.5) is 0 Å². The van der Waals surface area contributed by atoms with Gasteiger partial charge in [0.15, 0.2) is 0 Å². The molecule has 1 aromatic carbocycles. The van der Waals surface area contributed by atoms with Gasteiger partial charge in [0.2, 0.25) is 0 Å². The topological polar surface area (TPSA) is 9.23 Å². The molecule has 3 heteroatoms. The first kappa shape index (κ1) is 10.3. The monoisotopic (exact) mass is 228 g/mol. The van der Waals surface area contributed by atoms with Crippen LogP contribution in [0.25, 0.3) is 0 Å². The van der Waals surface area contributed by atoms with Crippen molar-refractivity contribution in [2.24, 2.45) is 0 Å². The number of thioether (sulfide) groups is 1. The molecular weight excluding hydrogens is 216 g/mol. The molecule has 0 aromatic heterocycles. The Balaban J connectivity index is 2.27. The van der Waals surface area contributed by atoms with Crippen LogP contribution in [0.15, 0.2) is 30.3 Å². The molecule has 0 amide bonds. The molecule has 0 N–H and O–H groups in total. The maximum atomic E-state index is 5.85.